The van der Waals surface area contributed by atoms with Gasteiger partial charge in [0.1, 0.15) is 0 Å². The first-order valence-electron chi connectivity index (χ1n) is 7.09. The number of carbonyl (C=O) groups is 2. The summed E-state index contributed by atoms with van der Waals surface area (Å²) in [6.45, 7) is 0.627. The number of hydrogen-bond acceptors (Lipinski definition) is 3. The summed E-state index contributed by atoms with van der Waals surface area (Å²) in [4.78, 5) is 24.4. The average Bonchev–Trinajstić information content (AvgIpc) is 2.94. The number of nitrogens with one attached hydrogen (secondary N) is 1. The van der Waals surface area contributed by atoms with Crippen molar-refractivity contribution in [1.82, 2.24) is 4.90 Å². The number of aliphatic hydroxyl groups is 1. The number of amides is 2. The summed E-state index contributed by atoms with van der Waals surface area (Å²) in [7, 11) is 0. The second kappa shape index (κ2) is 7.08. The van der Waals surface area contributed by atoms with Crippen molar-refractivity contribution in [3.63, 3.8) is 0 Å². The summed E-state index contributed by atoms with van der Waals surface area (Å²) in [6, 6.07) is 6.85. The zero-order valence-electron chi connectivity index (χ0n) is 11.8. The number of carboxylic acid groups (broad SMARTS) is 1. The lowest BCUT2D eigenvalue weighted by molar-refractivity contribution is -0.136. The van der Waals surface area contributed by atoms with Gasteiger partial charge in [-0.2, -0.15) is 0 Å². The van der Waals surface area contributed by atoms with Crippen molar-refractivity contribution < 1.29 is 19.8 Å². The van der Waals surface area contributed by atoms with E-state index < -0.39 is 5.97 Å². The van der Waals surface area contributed by atoms with Crippen LogP contribution in [0, 0.1) is 0 Å². The van der Waals surface area contributed by atoms with Gasteiger partial charge in [-0.1, -0.05) is 12.1 Å². The van der Waals surface area contributed by atoms with Gasteiger partial charge in [-0.25, -0.2) is 4.79 Å². The van der Waals surface area contributed by atoms with E-state index in [0.717, 1.165) is 18.4 Å². The number of likely N-dealkylation sites (tertiary alicyclic amines) is 1. The van der Waals surface area contributed by atoms with Crippen molar-refractivity contribution in [3.05, 3.63) is 29.8 Å². The van der Waals surface area contributed by atoms with Gasteiger partial charge in [-0.3, -0.25) is 4.79 Å². The fraction of sp³-hybridized carbons (Fsp3) is 0.467. The Balaban J connectivity index is 1.97. The molecule has 1 fully saturated rings. The molecule has 1 unspecified atom stereocenters. The Kier molecular flexibility index (Phi) is 5.16. The quantitative estimate of drug-likeness (QED) is 0.770. The standard InChI is InChI=1S/C15H20N2O4/c18-10-13-5-2-8-17(13)15(21)16-12-4-1-3-11(9-12)6-7-14(19)20/h1,3-4,9,13,18H,2,5-8,10H2,(H,16,21)(H,19,20). The van der Waals surface area contributed by atoms with Crippen LogP contribution < -0.4 is 5.32 Å². The molecule has 114 valence electrons. The van der Waals surface area contributed by atoms with E-state index in [0.29, 0.717) is 18.7 Å². The van der Waals surface area contributed by atoms with Crippen molar-refractivity contribution in [2.24, 2.45) is 0 Å². The van der Waals surface area contributed by atoms with E-state index in [4.69, 9.17) is 5.11 Å². The smallest absolute Gasteiger partial charge is 0.322 e. The molecule has 6 heteroatoms. The highest BCUT2D eigenvalue weighted by Gasteiger charge is 2.27. The number of carbonyl (C=O) groups excluding carboxylic acids is 1. The van der Waals surface area contributed by atoms with E-state index >= 15 is 0 Å². The van der Waals surface area contributed by atoms with Crippen LogP contribution >= 0.6 is 0 Å². The van der Waals surface area contributed by atoms with Crippen molar-refractivity contribution in [1.29, 1.82) is 0 Å². The number of rotatable bonds is 5. The first-order valence-corrected chi connectivity index (χ1v) is 7.09. The first-order chi connectivity index (χ1) is 10.1. The third kappa shape index (κ3) is 4.19. The van der Waals surface area contributed by atoms with Gasteiger partial charge < -0.3 is 20.4 Å². The van der Waals surface area contributed by atoms with E-state index in [-0.39, 0.29) is 25.1 Å². The molecular weight excluding hydrogens is 272 g/mol. The van der Waals surface area contributed by atoms with Crippen LogP contribution in [0.4, 0.5) is 10.5 Å². The Hall–Kier alpha value is -2.08. The van der Waals surface area contributed by atoms with E-state index in [2.05, 4.69) is 5.32 Å². The number of carboxylic acids is 1. The van der Waals surface area contributed by atoms with E-state index in [1.807, 2.05) is 6.07 Å². The second-order valence-corrected chi connectivity index (χ2v) is 5.20. The fourth-order valence-electron chi connectivity index (χ4n) is 2.54. The van der Waals surface area contributed by atoms with Crippen LogP contribution in [0.15, 0.2) is 24.3 Å². The lowest BCUT2D eigenvalue weighted by Crippen LogP contribution is -2.40. The van der Waals surface area contributed by atoms with Crippen LogP contribution in [-0.4, -0.2) is 46.3 Å². The first kappa shape index (κ1) is 15.3. The van der Waals surface area contributed by atoms with E-state index in [9.17, 15) is 14.7 Å². The molecule has 0 spiro atoms. The number of urea groups is 1. The Morgan fingerprint density at radius 2 is 2.19 bits per heavy atom. The van der Waals surface area contributed by atoms with Gasteiger partial charge in [-0.15, -0.1) is 0 Å². The van der Waals surface area contributed by atoms with Crippen molar-refractivity contribution in [2.45, 2.75) is 31.7 Å². The maximum atomic E-state index is 12.2. The van der Waals surface area contributed by atoms with E-state index in [1.165, 1.54) is 0 Å². The Labute approximate surface area is 123 Å². The molecule has 1 heterocycles. The van der Waals surface area contributed by atoms with Gasteiger partial charge in [0, 0.05) is 18.7 Å². The Bertz CT molecular complexity index is 518. The SMILES string of the molecule is O=C(O)CCc1cccc(NC(=O)N2CCCC2CO)c1. The molecule has 0 bridgehead atoms. The molecule has 0 aliphatic carbocycles. The summed E-state index contributed by atoms with van der Waals surface area (Å²) in [5.41, 5.74) is 1.52. The van der Waals surface area contributed by atoms with Crippen LogP contribution in [0.1, 0.15) is 24.8 Å². The highest BCUT2D eigenvalue weighted by Crippen LogP contribution is 2.19. The number of hydrogen-bond donors (Lipinski definition) is 3. The molecule has 0 saturated carbocycles. The molecule has 1 aliphatic heterocycles. The zero-order valence-corrected chi connectivity index (χ0v) is 11.8. The molecule has 1 aromatic rings. The van der Waals surface area contributed by atoms with Gasteiger partial charge >= 0.3 is 12.0 Å². The third-order valence-corrected chi connectivity index (χ3v) is 3.65. The Morgan fingerprint density at radius 1 is 1.38 bits per heavy atom. The molecular formula is C15H20N2O4. The van der Waals surface area contributed by atoms with Gasteiger partial charge in [0.2, 0.25) is 0 Å². The average molecular weight is 292 g/mol. The molecule has 3 N–H and O–H groups in total. The van der Waals surface area contributed by atoms with Crippen molar-refractivity contribution in [2.75, 3.05) is 18.5 Å². The zero-order chi connectivity index (χ0) is 15.2. The van der Waals surface area contributed by atoms with Crippen molar-refractivity contribution >= 4 is 17.7 Å². The highest BCUT2D eigenvalue weighted by molar-refractivity contribution is 5.89. The maximum absolute atomic E-state index is 12.2. The van der Waals surface area contributed by atoms with Crippen LogP contribution in [0.3, 0.4) is 0 Å². The summed E-state index contributed by atoms with van der Waals surface area (Å²) in [5, 5.41) is 20.7. The van der Waals surface area contributed by atoms with Crippen LogP contribution in [0.5, 0.6) is 0 Å². The number of aryl methyl sites for hydroxylation is 1. The molecule has 2 amide bonds. The van der Waals surface area contributed by atoms with Crippen LogP contribution in [-0.2, 0) is 11.2 Å². The predicted octanol–water partition coefficient (Wildman–Crippen LogP) is 1.69. The van der Waals surface area contributed by atoms with Gasteiger partial charge in [0.15, 0.2) is 0 Å². The number of aliphatic hydroxyl groups excluding tert-OH is 1. The lowest BCUT2D eigenvalue weighted by atomic mass is 10.1. The molecule has 0 radical (unpaired) electrons. The molecule has 1 atom stereocenters. The molecule has 1 aromatic carbocycles. The van der Waals surface area contributed by atoms with Gasteiger partial charge in [-0.05, 0) is 37.0 Å². The fourth-order valence-corrected chi connectivity index (χ4v) is 2.54. The topological polar surface area (TPSA) is 89.9 Å². The normalized spacial score (nSPS) is 17.8. The molecule has 0 aromatic heterocycles. The second-order valence-electron chi connectivity index (χ2n) is 5.20. The number of benzene rings is 1. The summed E-state index contributed by atoms with van der Waals surface area (Å²) >= 11 is 0. The summed E-state index contributed by atoms with van der Waals surface area (Å²) in [5.74, 6) is -0.840. The highest BCUT2D eigenvalue weighted by atomic mass is 16.4. The molecule has 21 heavy (non-hydrogen) atoms. The summed E-state index contributed by atoms with van der Waals surface area (Å²) in [6.07, 6.45) is 2.22. The van der Waals surface area contributed by atoms with Crippen LogP contribution in [0.25, 0.3) is 0 Å². The summed E-state index contributed by atoms with van der Waals surface area (Å²) < 4.78 is 0. The maximum Gasteiger partial charge on any atom is 0.322 e. The predicted molar refractivity (Wildman–Crippen MR) is 78.2 cm³/mol. The monoisotopic (exact) mass is 292 g/mol. The van der Waals surface area contributed by atoms with E-state index in [1.54, 1.807) is 23.1 Å². The number of anilines is 1. The van der Waals surface area contributed by atoms with Crippen molar-refractivity contribution in [3.8, 4) is 0 Å². The van der Waals surface area contributed by atoms with Gasteiger partial charge in [0.25, 0.3) is 0 Å². The molecule has 1 saturated heterocycles. The minimum Gasteiger partial charge on any atom is -0.481 e. The molecule has 1 aliphatic rings. The van der Waals surface area contributed by atoms with Gasteiger partial charge in [0.05, 0.1) is 12.6 Å². The largest absolute Gasteiger partial charge is 0.481 e. The van der Waals surface area contributed by atoms with Crippen LogP contribution in [0.2, 0.25) is 0 Å². The lowest BCUT2D eigenvalue weighted by Gasteiger charge is -2.23. The minimum atomic E-state index is -0.840. The molecule has 2 rings (SSSR count). The minimum absolute atomic E-state index is 0.0218. The number of nitrogens with zero attached hydrogens (tertiary/aromatic N) is 1. The number of aliphatic carboxylic acids is 1. The molecule has 6 nitrogen and oxygen atoms in total. The Morgan fingerprint density at radius 3 is 2.90 bits per heavy atom. The third-order valence-electron chi connectivity index (χ3n) is 3.65.